The standard InChI is InChI=1S/C18H19F3N2O2S/c19-18(20,21)26(24,25)23-12-15-8-4-5-9-17(15)22-16(13-23)11-10-14-6-2-1-3-7-14/h1-9,16,22H,10-13H2/t16-/m0/s1. The summed E-state index contributed by atoms with van der Waals surface area (Å²) in [5.41, 5.74) is -3.05. The molecule has 2 aromatic carbocycles. The monoisotopic (exact) mass is 384 g/mol. The summed E-state index contributed by atoms with van der Waals surface area (Å²) in [6, 6.07) is 16.0. The van der Waals surface area contributed by atoms with Gasteiger partial charge >= 0.3 is 15.5 Å². The largest absolute Gasteiger partial charge is 0.511 e. The van der Waals surface area contributed by atoms with Crippen molar-refractivity contribution >= 4 is 15.7 Å². The van der Waals surface area contributed by atoms with Crippen LogP contribution in [0.15, 0.2) is 54.6 Å². The van der Waals surface area contributed by atoms with Gasteiger partial charge in [0.2, 0.25) is 0 Å². The molecule has 0 saturated carbocycles. The van der Waals surface area contributed by atoms with E-state index in [4.69, 9.17) is 0 Å². The lowest BCUT2D eigenvalue weighted by Crippen LogP contribution is -2.44. The van der Waals surface area contributed by atoms with Gasteiger partial charge in [0.15, 0.2) is 0 Å². The Bertz CT molecular complexity index is 854. The van der Waals surface area contributed by atoms with Crippen LogP contribution in [0.1, 0.15) is 17.5 Å². The zero-order valence-corrected chi connectivity index (χ0v) is 14.7. The zero-order chi connectivity index (χ0) is 18.8. The number of anilines is 1. The quantitative estimate of drug-likeness (QED) is 0.873. The summed E-state index contributed by atoms with van der Waals surface area (Å²) in [6.07, 6.45) is 1.16. The molecule has 0 aliphatic carbocycles. The van der Waals surface area contributed by atoms with Crippen LogP contribution in [0.25, 0.3) is 0 Å². The van der Waals surface area contributed by atoms with Crippen molar-refractivity contribution in [3.8, 4) is 0 Å². The van der Waals surface area contributed by atoms with Crippen LogP contribution in [0.2, 0.25) is 0 Å². The molecule has 140 valence electrons. The number of hydrogen-bond acceptors (Lipinski definition) is 3. The zero-order valence-electron chi connectivity index (χ0n) is 13.9. The molecule has 1 atom stereocenters. The highest BCUT2D eigenvalue weighted by Gasteiger charge is 2.50. The molecule has 0 aromatic heterocycles. The summed E-state index contributed by atoms with van der Waals surface area (Å²) in [6.45, 7) is -0.532. The summed E-state index contributed by atoms with van der Waals surface area (Å²) >= 11 is 0. The van der Waals surface area contributed by atoms with Crippen molar-refractivity contribution in [2.45, 2.75) is 30.9 Å². The van der Waals surface area contributed by atoms with Crippen molar-refractivity contribution in [3.63, 3.8) is 0 Å². The van der Waals surface area contributed by atoms with E-state index >= 15 is 0 Å². The van der Waals surface area contributed by atoms with E-state index in [2.05, 4.69) is 5.32 Å². The molecule has 8 heteroatoms. The third-order valence-corrected chi connectivity index (χ3v) is 5.95. The van der Waals surface area contributed by atoms with Crippen LogP contribution in [0.5, 0.6) is 0 Å². The number of halogens is 3. The van der Waals surface area contributed by atoms with Gasteiger partial charge in [0.1, 0.15) is 0 Å². The fraction of sp³-hybridized carbons (Fsp3) is 0.333. The molecule has 0 unspecified atom stereocenters. The molecule has 0 amide bonds. The van der Waals surface area contributed by atoms with E-state index in [0.717, 1.165) is 5.56 Å². The molecule has 0 fully saturated rings. The molecule has 0 spiro atoms. The number of rotatable bonds is 4. The van der Waals surface area contributed by atoms with E-state index in [9.17, 15) is 21.6 Å². The highest BCUT2D eigenvalue weighted by molar-refractivity contribution is 7.89. The lowest BCUT2D eigenvalue weighted by molar-refractivity contribution is -0.0491. The van der Waals surface area contributed by atoms with E-state index in [0.29, 0.717) is 28.4 Å². The molecule has 26 heavy (non-hydrogen) atoms. The number of para-hydroxylation sites is 1. The SMILES string of the molecule is O=S(=O)(N1Cc2ccccc2N[C@@H](CCc2ccccc2)C1)C(F)(F)F. The maximum atomic E-state index is 13.1. The summed E-state index contributed by atoms with van der Waals surface area (Å²) in [5.74, 6) is 0. The van der Waals surface area contributed by atoms with Gasteiger partial charge in [-0.25, -0.2) is 8.42 Å². The first-order valence-electron chi connectivity index (χ1n) is 8.22. The molecule has 2 aromatic rings. The first-order chi connectivity index (χ1) is 12.3. The fourth-order valence-electron chi connectivity index (χ4n) is 3.04. The van der Waals surface area contributed by atoms with E-state index in [1.807, 2.05) is 30.3 Å². The highest BCUT2D eigenvalue weighted by Crippen LogP contribution is 2.32. The van der Waals surface area contributed by atoms with Crippen molar-refractivity contribution in [1.29, 1.82) is 0 Å². The van der Waals surface area contributed by atoms with Gasteiger partial charge in [-0.05, 0) is 30.0 Å². The number of sulfonamides is 1. The summed E-state index contributed by atoms with van der Waals surface area (Å²) in [4.78, 5) is 0. The smallest absolute Gasteiger partial charge is 0.381 e. The molecule has 1 aliphatic rings. The van der Waals surface area contributed by atoms with Crippen molar-refractivity contribution in [3.05, 3.63) is 65.7 Å². The molecule has 3 rings (SSSR count). The van der Waals surface area contributed by atoms with Crippen LogP contribution in [0, 0.1) is 0 Å². The van der Waals surface area contributed by atoms with Gasteiger partial charge in [-0.3, -0.25) is 0 Å². The maximum absolute atomic E-state index is 13.1. The van der Waals surface area contributed by atoms with Gasteiger partial charge in [-0.15, -0.1) is 0 Å². The van der Waals surface area contributed by atoms with E-state index in [-0.39, 0.29) is 13.1 Å². The van der Waals surface area contributed by atoms with Crippen LogP contribution in [-0.4, -0.2) is 30.8 Å². The minimum atomic E-state index is -5.39. The van der Waals surface area contributed by atoms with Gasteiger partial charge in [-0.2, -0.15) is 17.5 Å². The first kappa shape index (κ1) is 18.7. The van der Waals surface area contributed by atoms with E-state index in [1.54, 1.807) is 24.3 Å². The topological polar surface area (TPSA) is 49.4 Å². The predicted octanol–water partition coefficient (Wildman–Crippen LogP) is 3.77. The normalized spacial score (nSPS) is 18.7. The maximum Gasteiger partial charge on any atom is 0.511 e. The Morgan fingerprint density at radius 2 is 1.69 bits per heavy atom. The molecule has 4 nitrogen and oxygen atoms in total. The third-order valence-electron chi connectivity index (χ3n) is 4.40. The number of nitrogens with one attached hydrogen (secondary N) is 1. The van der Waals surface area contributed by atoms with Crippen LogP contribution in [0.3, 0.4) is 0 Å². The van der Waals surface area contributed by atoms with Gasteiger partial charge in [-0.1, -0.05) is 48.5 Å². The van der Waals surface area contributed by atoms with Crippen molar-refractivity contribution in [1.82, 2.24) is 4.31 Å². The Balaban J connectivity index is 1.86. The Kier molecular flexibility index (Phi) is 5.24. The van der Waals surface area contributed by atoms with Crippen molar-refractivity contribution < 1.29 is 21.6 Å². The van der Waals surface area contributed by atoms with Crippen LogP contribution < -0.4 is 5.32 Å². The first-order valence-corrected chi connectivity index (χ1v) is 9.66. The summed E-state index contributed by atoms with van der Waals surface area (Å²) in [5, 5.41) is 3.21. The Hall–Kier alpha value is -2.06. The minimum Gasteiger partial charge on any atom is -0.381 e. The average Bonchev–Trinajstić information content (AvgIpc) is 2.79. The molecule has 1 heterocycles. The van der Waals surface area contributed by atoms with Gasteiger partial charge in [0.25, 0.3) is 0 Å². The van der Waals surface area contributed by atoms with E-state index in [1.165, 1.54) is 0 Å². The molecule has 1 N–H and O–H groups in total. The molecular formula is C18H19F3N2O2S. The number of fused-ring (bicyclic) bond motifs is 1. The van der Waals surface area contributed by atoms with Crippen LogP contribution in [-0.2, 0) is 23.0 Å². The molecule has 0 radical (unpaired) electrons. The second-order valence-corrected chi connectivity index (χ2v) is 8.20. The number of aryl methyl sites for hydroxylation is 1. The lowest BCUT2D eigenvalue weighted by atomic mass is 10.0. The number of benzene rings is 2. The van der Waals surface area contributed by atoms with Gasteiger partial charge < -0.3 is 5.32 Å². The number of hydrogen-bond donors (Lipinski definition) is 1. The Morgan fingerprint density at radius 1 is 1.04 bits per heavy atom. The van der Waals surface area contributed by atoms with Gasteiger partial charge in [0, 0.05) is 24.8 Å². The predicted molar refractivity (Wildman–Crippen MR) is 94.0 cm³/mol. The summed E-state index contributed by atoms with van der Waals surface area (Å²) in [7, 11) is -5.39. The minimum absolute atomic E-state index is 0.233. The Labute approximate surface area is 150 Å². The van der Waals surface area contributed by atoms with Crippen LogP contribution >= 0.6 is 0 Å². The molecular weight excluding hydrogens is 365 g/mol. The number of alkyl halides is 3. The molecule has 0 saturated heterocycles. The second-order valence-electron chi connectivity index (χ2n) is 6.27. The molecule has 1 aliphatic heterocycles. The number of nitrogens with zero attached hydrogens (tertiary/aromatic N) is 1. The second kappa shape index (κ2) is 7.28. The fourth-order valence-corrected chi connectivity index (χ4v) is 4.02. The Morgan fingerprint density at radius 3 is 2.38 bits per heavy atom. The summed E-state index contributed by atoms with van der Waals surface area (Å²) < 4.78 is 63.6. The molecule has 0 bridgehead atoms. The highest BCUT2D eigenvalue weighted by atomic mass is 32.2. The third kappa shape index (κ3) is 4.02. The van der Waals surface area contributed by atoms with E-state index < -0.39 is 21.6 Å². The van der Waals surface area contributed by atoms with Crippen LogP contribution in [0.4, 0.5) is 18.9 Å². The van der Waals surface area contributed by atoms with Gasteiger partial charge in [0.05, 0.1) is 0 Å². The average molecular weight is 384 g/mol. The van der Waals surface area contributed by atoms with Crippen molar-refractivity contribution in [2.24, 2.45) is 0 Å². The van der Waals surface area contributed by atoms with Crippen molar-refractivity contribution in [2.75, 3.05) is 11.9 Å². The lowest BCUT2D eigenvalue weighted by Gasteiger charge is -2.25.